The van der Waals surface area contributed by atoms with E-state index in [1.807, 2.05) is 156 Å². The van der Waals surface area contributed by atoms with Crippen molar-refractivity contribution < 1.29 is 27.0 Å². The minimum absolute atomic E-state index is 0. The van der Waals surface area contributed by atoms with Gasteiger partial charge in [-0.2, -0.15) is 20.0 Å². The fourth-order valence-electron chi connectivity index (χ4n) is 5.94. The Balaban J connectivity index is 0.000000235. The van der Waals surface area contributed by atoms with Gasteiger partial charge in [0, 0.05) is 12.1 Å². The first-order valence-corrected chi connectivity index (χ1v) is 28.3. The topological polar surface area (TPSA) is 19.4 Å². The molecule has 3 aliphatic heterocycles. The zero-order chi connectivity index (χ0) is 36.8. The first kappa shape index (κ1) is 46.8. The molecule has 2 saturated carbocycles. The van der Waals surface area contributed by atoms with Crippen LogP contribution >= 0.6 is 38.8 Å². The Labute approximate surface area is 342 Å². The summed E-state index contributed by atoms with van der Waals surface area (Å²) in [5.41, 5.74) is 2.23. The second-order valence-electron chi connectivity index (χ2n) is 12.8. The molecule has 0 unspecified atom stereocenters. The van der Waals surface area contributed by atoms with Crippen molar-refractivity contribution in [2.24, 2.45) is 0 Å². The first-order chi connectivity index (χ1) is 24.6. The van der Waals surface area contributed by atoms with Crippen molar-refractivity contribution in [3.8, 4) is 0 Å². The number of nitrogens with zero attached hydrogens (tertiary/aromatic N) is 6. The van der Waals surface area contributed by atoms with Gasteiger partial charge < -0.3 is 36.8 Å². The summed E-state index contributed by atoms with van der Waals surface area (Å²) in [7, 11) is 30.7. The van der Waals surface area contributed by atoms with Gasteiger partial charge in [0.1, 0.15) is 0 Å². The van der Waals surface area contributed by atoms with Crippen LogP contribution in [0.4, 0.5) is 0 Å². The van der Waals surface area contributed by atoms with Gasteiger partial charge in [0.05, 0.1) is 0 Å². The van der Waals surface area contributed by atoms with Crippen LogP contribution < -0.4 is 0 Å². The molecule has 0 spiro atoms. The van der Waals surface area contributed by atoms with Gasteiger partial charge in [-0.25, -0.2) is 0 Å². The van der Waals surface area contributed by atoms with E-state index in [1.165, 1.54) is 64.2 Å². The van der Waals surface area contributed by atoms with E-state index in [4.69, 9.17) is 38.8 Å². The van der Waals surface area contributed by atoms with Crippen molar-refractivity contribution in [3.05, 3.63) is 136 Å². The van der Waals surface area contributed by atoms with Crippen molar-refractivity contribution in [2.45, 2.75) is 76.3 Å². The summed E-state index contributed by atoms with van der Waals surface area (Å²) in [6.07, 6.45) is 26.8. The maximum absolute atomic E-state index is 5.67. The summed E-state index contributed by atoms with van der Waals surface area (Å²) in [4.78, 5) is 13.0. The van der Waals surface area contributed by atoms with Gasteiger partial charge in [0.25, 0.3) is 0 Å². The van der Waals surface area contributed by atoms with Crippen LogP contribution in [-0.4, -0.2) is 78.9 Å². The SMILES string of the molecule is C1=CN(C2CCCCC2)[CH-]N1C1CCCCC1.CN1C=CN(C)[CH-]1.CN1C=CN(C)[CH-]1.[CH3-].[Cl][Ru]([Cl])=[CH]c1ccccc1.[Cl][Ru]([Cl])=[CH]c1ccccc1. The molecular weight excluding hydrogens is 908 g/mol. The van der Waals surface area contributed by atoms with Gasteiger partial charge in [-0.3, -0.25) is 0 Å². The van der Waals surface area contributed by atoms with Crippen LogP contribution in [0.15, 0.2) is 97.9 Å². The molecule has 0 amide bonds. The van der Waals surface area contributed by atoms with Gasteiger partial charge in [-0.15, -0.1) is 0 Å². The Bertz CT molecular complexity index is 1250. The number of rotatable bonds is 4. The fourth-order valence-corrected chi connectivity index (χ4v) is 9.60. The molecular formula is C40H58Cl4N6Ru2-4. The standard InChI is InChI=1S/C15H25N2.2C7H6.2C5H9N2.CH3.4ClH.2Ru/c1-3-7-14(8-4-1)16-11-12-17(13-16)15-9-5-2-6-10-15;2*1-7-5-3-2-4-6-7;2*1-6-3-4-7(2)5-6;;;;;;;/h11-15H,1-10H2;2*1-6H;2*3-5H,1-2H3;1H3;4*1H;;/q-1;;;3*-1;;;;;2*+2/p-4. The number of benzene rings is 2. The van der Waals surface area contributed by atoms with E-state index in [0.29, 0.717) is 0 Å². The van der Waals surface area contributed by atoms with Crippen LogP contribution in [-0.2, 0) is 27.0 Å². The van der Waals surface area contributed by atoms with E-state index < -0.39 is 27.0 Å². The summed E-state index contributed by atoms with van der Waals surface area (Å²) in [5, 5.41) is 0. The molecule has 2 aromatic carbocycles. The van der Waals surface area contributed by atoms with Crippen molar-refractivity contribution in [1.82, 2.24) is 29.4 Å². The summed E-state index contributed by atoms with van der Waals surface area (Å²) < 4.78 is 3.85. The molecule has 0 aromatic heterocycles. The minimum atomic E-state index is -1.61. The van der Waals surface area contributed by atoms with Crippen LogP contribution in [0.1, 0.15) is 75.3 Å². The third-order valence-electron chi connectivity index (χ3n) is 8.46. The van der Waals surface area contributed by atoms with E-state index in [2.05, 4.69) is 28.9 Å². The first-order valence-electron chi connectivity index (χ1n) is 17.4. The molecule has 5 aliphatic rings. The molecule has 0 bridgehead atoms. The monoisotopic (exact) mass is 966 g/mol. The molecule has 6 nitrogen and oxygen atoms in total. The van der Waals surface area contributed by atoms with E-state index in [1.54, 1.807) is 0 Å². The maximum atomic E-state index is 5.67. The molecule has 0 atom stereocenters. The van der Waals surface area contributed by atoms with Crippen molar-refractivity contribution in [2.75, 3.05) is 28.2 Å². The third kappa shape index (κ3) is 20.3. The average Bonchev–Trinajstić information content (AvgIpc) is 3.88. The quantitative estimate of drug-likeness (QED) is 0.223. The summed E-state index contributed by atoms with van der Waals surface area (Å²) in [5.74, 6) is 0. The van der Waals surface area contributed by atoms with Crippen LogP contribution in [0.2, 0.25) is 0 Å². The second-order valence-corrected chi connectivity index (χ2v) is 24.3. The van der Waals surface area contributed by atoms with Crippen LogP contribution in [0, 0.1) is 27.4 Å². The average molecular weight is 967 g/mol. The summed E-state index contributed by atoms with van der Waals surface area (Å²) in [6, 6.07) is 21.4. The molecule has 2 aromatic rings. The zero-order valence-corrected chi connectivity index (χ0v) is 37.8. The van der Waals surface area contributed by atoms with E-state index in [-0.39, 0.29) is 7.43 Å². The normalized spacial score (nSPS) is 18.5. The predicted molar refractivity (Wildman–Crippen MR) is 222 cm³/mol. The Morgan fingerprint density at radius 2 is 0.788 bits per heavy atom. The van der Waals surface area contributed by atoms with Gasteiger partial charge in [0.2, 0.25) is 0 Å². The van der Waals surface area contributed by atoms with E-state index in [9.17, 15) is 0 Å². The molecule has 52 heavy (non-hydrogen) atoms. The number of halogens is 4. The van der Waals surface area contributed by atoms with Gasteiger partial charge >= 0.3 is 147 Å². The predicted octanol–water partition coefficient (Wildman–Crippen LogP) is 10.7. The number of hydrogen-bond acceptors (Lipinski definition) is 6. The fraction of sp³-hybridized carbons (Fsp3) is 0.400. The Morgan fingerprint density at radius 3 is 1.04 bits per heavy atom. The zero-order valence-electron chi connectivity index (χ0n) is 31.3. The molecule has 0 N–H and O–H groups in total. The second kappa shape index (κ2) is 27.2. The molecule has 0 radical (unpaired) electrons. The molecule has 12 heteroatoms. The Kier molecular flexibility index (Phi) is 24.5. The van der Waals surface area contributed by atoms with Crippen molar-refractivity contribution >= 4 is 48.0 Å². The molecule has 2 fully saturated rings. The van der Waals surface area contributed by atoms with Gasteiger partial charge in [0.15, 0.2) is 0 Å². The van der Waals surface area contributed by atoms with Crippen LogP contribution in [0.25, 0.3) is 0 Å². The van der Waals surface area contributed by atoms with Gasteiger partial charge in [-0.1, -0.05) is 38.5 Å². The number of hydrogen-bond donors (Lipinski definition) is 0. The van der Waals surface area contributed by atoms with Crippen molar-refractivity contribution in [3.63, 3.8) is 0 Å². The molecule has 2 aliphatic carbocycles. The molecule has 0 saturated heterocycles. The summed E-state index contributed by atoms with van der Waals surface area (Å²) >= 11 is -3.23. The Morgan fingerprint density at radius 1 is 0.481 bits per heavy atom. The molecule has 296 valence electrons. The van der Waals surface area contributed by atoms with Crippen LogP contribution in [0.5, 0.6) is 0 Å². The van der Waals surface area contributed by atoms with Crippen molar-refractivity contribution in [1.29, 1.82) is 0 Å². The van der Waals surface area contributed by atoms with E-state index >= 15 is 0 Å². The molecule has 3 heterocycles. The van der Waals surface area contributed by atoms with E-state index in [0.717, 1.165) is 23.2 Å². The van der Waals surface area contributed by atoms with Gasteiger partial charge in [-0.05, 0) is 91.1 Å². The Hall–Kier alpha value is -1.39. The van der Waals surface area contributed by atoms with Crippen LogP contribution in [0.3, 0.4) is 0 Å². The summed E-state index contributed by atoms with van der Waals surface area (Å²) in [6.45, 7) is 6.38. The molecule has 7 rings (SSSR count). The third-order valence-corrected chi connectivity index (χ3v) is 12.2.